The molecule has 124 valence electrons. The Labute approximate surface area is 128 Å². The van der Waals surface area contributed by atoms with Crippen molar-refractivity contribution in [1.82, 2.24) is 5.32 Å². The third-order valence-electron chi connectivity index (χ3n) is 3.42. The van der Waals surface area contributed by atoms with E-state index in [1.54, 1.807) is 0 Å². The van der Waals surface area contributed by atoms with Crippen molar-refractivity contribution >= 4 is 5.91 Å². The molecule has 22 heavy (non-hydrogen) atoms. The van der Waals surface area contributed by atoms with E-state index in [1.807, 2.05) is 20.8 Å². The molecule has 2 N–H and O–H groups in total. The molecule has 0 saturated heterocycles. The Hall–Kier alpha value is -1.56. The highest BCUT2D eigenvalue weighted by molar-refractivity contribution is 5.79. The van der Waals surface area contributed by atoms with E-state index >= 15 is 0 Å². The van der Waals surface area contributed by atoms with Crippen molar-refractivity contribution in [3.8, 4) is 0 Å². The second-order valence-electron chi connectivity index (χ2n) is 6.37. The molecule has 0 aliphatic rings. The molecule has 0 bridgehead atoms. The summed E-state index contributed by atoms with van der Waals surface area (Å²) in [5, 5.41) is 11.8. The highest BCUT2D eigenvalue weighted by Crippen LogP contribution is 2.29. The number of hydrogen-bond acceptors (Lipinski definition) is 2. The second-order valence-corrected chi connectivity index (χ2v) is 6.37. The number of hydrogen-bond donors (Lipinski definition) is 2. The number of halogens is 3. The number of aliphatic hydroxyl groups is 1. The van der Waals surface area contributed by atoms with Crippen LogP contribution in [0, 0.1) is 5.41 Å². The number of aliphatic hydroxyl groups excluding tert-OH is 1. The topological polar surface area (TPSA) is 49.3 Å². The van der Waals surface area contributed by atoms with E-state index in [0.29, 0.717) is 12.0 Å². The number of amides is 1. The minimum atomic E-state index is -4.42. The van der Waals surface area contributed by atoms with Gasteiger partial charge in [-0.15, -0.1) is 0 Å². The molecule has 0 spiro atoms. The molecule has 1 aromatic rings. The summed E-state index contributed by atoms with van der Waals surface area (Å²) in [7, 11) is 0. The molecule has 0 radical (unpaired) electrons. The average Bonchev–Trinajstić information content (AvgIpc) is 2.36. The summed E-state index contributed by atoms with van der Waals surface area (Å²) in [6, 6.07) is 4.51. The lowest BCUT2D eigenvalue weighted by Crippen LogP contribution is -2.44. The van der Waals surface area contributed by atoms with Gasteiger partial charge in [0.15, 0.2) is 0 Å². The molecule has 0 aliphatic heterocycles. The maximum atomic E-state index is 12.6. The number of benzene rings is 1. The van der Waals surface area contributed by atoms with Crippen LogP contribution in [0.4, 0.5) is 13.2 Å². The SMILES string of the molecule is CC(C)(C)C(CCO)NC(=O)Cc1cccc(C(F)(F)F)c1. The van der Waals surface area contributed by atoms with Crippen molar-refractivity contribution in [2.45, 2.75) is 45.8 Å². The number of alkyl halides is 3. The van der Waals surface area contributed by atoms with Gasteiger partial charge < -0.3 is 10.4 Å². The van der Waals surface area contributed by atoms with E-state index < -0.39 is 11.7 Å². The van der Waals surface area contributed by atoms with Crippen LogP contribution in [-0.2, 0) is 17.4 Å². The normalized spacial score (nSPS) is 13.8. The smallest absolute Gasteiger partial charge is 0.396 e. The van der Waals surface area contributed by atoms with Crippen LogP contribution in [0.1, 0.15) is 38.3 Å². The Morgan fingerprint density at radius 1 is 1.27 bits per heavy atom. The van der Waals surface area contributed by atoms with Crippen LogP contribution < -0.4 is 5.32 Å². The van der Waals surface area contributed by atoms with Crippen molar-refractivity contribution < 1.29 is 23.1 Å². The monoisotopic (exact) mass is 317 g/mol. The molecule has 1 rings (SSSR count). The second kappa shape index (κ2) is 7.13. The van der Waals surface area contributed by atoms with Crippen LogP contribution >= 0.6 is 0 Å². The summed E-state index contributed by atoms with van der Waals surface area (Å²) in [5.41, 5.74) is -0.698. The molecular formula is C16H22F3NO2. The van der Waals surface area contributed by atoms with Crippen molar-refractivity contribution in [2.75, 3.05) is 6.61 Å². The lowest BCUT2D eigenvalue weighted by molar-refractivity contribution is -0.137. The quantitative estimate of drug-likeness (QED) is 0.876. The highest BCUT2D eigenvalue weighted by Gasteiger charge is 2.30. The zero-order valence-electron chi connectivity index (χ0n) is 13.0. The maximum absolute atomic E-state index is 12.6. The minimum absolute atomic E-state index is 0.0637. The van der Waals surface area contributed by atoms with Crippen molar-refractivity contribution in [3.05, 3.63) is 35.4 Å². The van der Waals surface area contributed by atoms with Gasteiger partial charge in [-0.05, 0) is 23.5 Å². The first-order valence-electron chi connectivity index (χ1n) is 7.10. The Kier molecular flexibility index (Phi) is 6.00. The summed E-state index contributed by atoms with van der Waals surface area (Å²) in [6.45, 7) is 5.72. The van der Waals surface area contributed by atoms with Crippen LogP contribution in [-0.4, -0.2) is 23.7 Å². The summed E-state index contributed by atoms with van der Waals surface area (Å²) in [6.07, 6.45) is -4.14. The van der Waals surface area contributed by atoms with Crippen LogP contribution in [0.15, 0.2) is 24.3 Å². The largest absolute Gasteiger partial charge is 0.416 e. The molecule has 1 amide bonds. The number of carbonyl (C=O) groups excluding carboxylic acids is 1. The van der Waals surface area contributed by atoms with Gasteiger partial charge in [-0.3, -0.25) is 4.79 Å². The molecule has 0 aromatic heterocycles. The first-order valence-corrected chi connectivity index (χ1v) is 7.10. The fourth-order valence-electron chi connectivity index (χ4n) is 2.14. The molecule has 0 saturated carbocycles. The molecule has 0 heterocycles. The number of carbonyl (C=O) groups is 1. The third kappa shape index (κ3) is 5.67. The van der Waals surface area contributed by atoms with E-state index in [9.17, 15) is 18.0 Å². The van der Waals surface area contributed by atoms with Crippen molar-refractivity contribution in [1.29, 1.82) is 0 Å². The van der Waals surface area contributed by atoms with Crippen molar-refractivity contribution in [2.24, 2.45) is 5.41 Å². The lowest BCUT2D eigenvalue weighted by atomic mass is 9.85. The average molecular weight is 317 g/mol. The van der Waals surface area contributed by atoms with E-state index in [-0.39, 0.29) is 30.4 Å². The molecule has 1 aromatic carbocycles. The van der Waals surface area contributed by atoms with Gasteiger partial charge in [0.1, 0.15) is 0 Å². The first kappa shape index (κ1) is 18.5. The molecule has 1 unspecified atom stereocenters. The molecule has 6 heteroatoms. The third-order valence-corrected chi connectivity index (χ3v) is 3.42. The predicted octanol–water partition coefficient (Wildman–Crippen LogP) is 3.16. The van der Waals surface area contributed by atoms with Gasteiger partial charge in [0, 0.05) is 12.6 Å². The van der Waals surface area contributed by atoms with Crippen LogP contribution in [0.3, 0.4) is 0 Å². The zero-order valence-corrected chi connectivity index (χ0v) is 13.0. The predicted molar refractivity (Wildman–Crippen MR) is 78.2 cm³/mol. The van der Waals surface area contributed by atoms with Gasteiger partial charge in [0.25, 0.3) is 0 Å². The van der Waals surface area contributed by atoms with Crippen LogP contribution in [0.5, 0.6) is 0 Å². The number of nitrogens with one attached hydrogen (secondary N) is 1. The minimum Gasteiger partial charge on any atom is -0.396 e. The Balaban J connectivity index is 2.76. The Morgan fingerprint density at radius 3 is 2.41 bits per heavy atom. The summed E-state index contributed by atoms with van der Waals surface area (Å²) in [5.74, 6) is -0.354. The van der Waals surface area contributed by atoms with Gasteiger partial charge in [-0.25, -0.2) is 0 Å². The van der Waals surface area contributed by atoms with Gasteiger partial charge in [0.05, 0.1) is 12.0 Å². The van der Waals surface area contributed by atoms with Crippen molar-refractivity contribution in [3.63, 3.8) is 0 Å². The summed E-state index contributed by atoms with van der Waals surface area (Å²) >= 11 is 0. The maximum Gasteiger partial charge on any atom is 0.416 e. The summed E-state index contributed by atoms with van der Waals surface area (Å²) in [4.78, 5) is 12.0. The Bertz CT molecular complexity index is 507. The highest BCUT2D eigenvalue weighted by atomic mass is 19.4. The van der Waals surface area contributed by atoms with E-state index in [0.717, 1.165) is 12.1 Å². The lowest BCUT2D eigenvalue weighted by Gasteiger charge is -2.31. The fraction of sp³-hybridized carbons (Fsp3) is 0.562. The first-order chi connectivity index (χ1) is 10.0. The van der Waals surface area contributed by atoms with Crippen LogP contribution in [0.25, 0.3) is 0 Å². The molecule has 3 nitrogen and oxygen atoms in total. The van der Waals surface area contributed by atoms with E-state index in [4.69, 9.17) is 5.11 Å². The van der Waals surface area contributed by atoms with E-state index in [2.05, 4.69) is 5.32 Å². The Morgan fingerprint density at radius 2 is 1.91 bits per heavy atom. The van der Waals surface area contributed by atoms with Gasteiger partial charge in [-0.2, -0.15) is 13.2 Å². The zero-order chi connectivity index (χ0) is 17.0. The molecular weight excluding hydrogens is 295 g/mol. The molecule has 0 aliphatic carbocycles. The molecule has 1 atom stereocenters. The van der Waals surface area contributed by atoms with Gasteiger partial charge >= 0.3 is 6.18 Å². The number of rotatable bonds is 5. The van der Waals surface area contributed by atoms with E-state index in [1.165, 1.54) is 12.1 Å². The van der Waals surface area contributed by atoms with Gasteiger partial charge in [0.2, 0.25) is 5.91 Å². The van der Waals surface area contributed by atoms with Gasteiger partial charge in [-0.1, -0.05) is 39.0 Å². The van der Waals surface area contributed by atoms with Crippen LogP contribution in [0.2, 0.25) is 0 Å². The standard InChI is InChI=1S/C16H22F3NO2/c1-15(2,3)13(7-8-21)20-14(22)10-11-5-4-6-12(9-11)16(17,18)19/h4-6,9,13,21H,7-8,10H2,1-3H3,(H,20,22). The molecule has 0 fully saturated rings. The fourth-order valence-corrected chi connectivity index (χ4v) is 2.14. The summed E-state index contributed by atoms with van der Waals surface area (Å²) < 4.78 is 37.9.